The van der Waals surface area contributed by atoms with Gasteiger partial charge in [-0.2, -0.15) is 22.0 Å². The van der Waals surface area contributed by atoms with Crippen molar-refractivity contribution in [2.75, 3.05) is 26.2 Å². The van der Waals surface area contributed by atoms with Crippen LogP contribution in [0.2, 0.25) is 0 Å². The van der Waals surface area contributed by atoms with Crippen molar-refractivity contribution < 1.29 is 22.0 Å². The van der Waals surface area contributed by atoms with E-state index in [-0.39, 0.29) is 0 Å². The Balaban J connectivity index is 2.15. The number of rotatable bonds is 3. The molecule has 1 fully saturated rings. The van der Waals surface area contributed by atoms with Gasteiger partial charge in [-0.3, -0.25) is 4.90 Å². The Bertz CT molecular complexity index is 452. The van der Waals surface area contributed by atoms with E-state index in [1.807, 2.05) is 4.90 Å². The van der Waals surface area contributed by atoms with E-state index in [4.69, 9.17) is 0 Å². The summed E-state index contributed by atoms with van der Waals surface area (Å²) >= 11 is 0. The lowest BCUT2D eigenvalue weighted by Gasteiger charge is -2.27. The Kier molecular flexibility index (Phi) is 4.29. The molecule has 20 heavy (non-hydrogen) atoms. The van der Waals surface area contributed by atoms with Gasteiger partial charge in [-0.25, -0.2) is 0 Å². The molecule has 7 heteroatoms. The number of benzene rings is 1. The van der Waals surface area contributed by atoms with Gasteiger partial charge in [0.25, 0.3) is 0 Å². The third-order valence-electron chi connectivity index (χ3n) is 3.26. The maximum absolute atomic E-state index is 13.3. The Hall–Kier alpha value is -1.21. The predicted molar refractivity (Wildman–Crippen MR) is 64.5 cm³/mol. The van der Waals surface area contributed by atoms with Gasteiger partial charge in [0, 0.05) is 38.3 Å². The van der Waals surface area contributed by atoms with Crippen LogP contribution in [0.1, 0.15) is 11.1 Å². The zero-order valence-electron chi connectivity index (χ0n) is 10.7. The fourth-order valence-corrected chi connectivity index (χ4v) is 2.16. The first kappa shape index (κ1) is 15.2. The zero-order valence-corrected chi connectivity index (χ0v) is 10.7. The standard InChI is InChI=1S/C13H15F5N2/c14-12(15,13(16,17)18)11-3-1-2-10(8-11)9-20-6-4-19-5-7-20/h1-3,8,19H,4-7,9H2. The van der Waals surface area contributed by atoms with Crippen LogP contribution in [0.5, 0.6) is 0 Å². The molecule has 0 spiro atoms. The highest BCUT2D eigenvalue weighted by Gasteiger charge is 2.58. The van der Waals surface area contributed by atoms with Crippen LogP contribution in [0, 0.1) is 0 Å². The Morgan fingerprint density at radius 2 is 1.70 bits per heavy atom. The topological polar surface area (TPSA) is 15.3 Å². The molecule has 0 aliphatic carbocycles. The van der Waals surface area contributed by atoms with Gasteiger partial charge in [-0.1, -0.05) is 18.2 Å². The largest absolute Gasteiger partial charge is 0.458 e. The summed E-state index contributed by atoms with van der Waals surface area (Å²) in [6.45, 7) is 3.46. The highest BCUT2D eigenvalue weighted by atomic mass is 19.4. The number of nitrogens with zero attached hydrogens (tertiary/aromatic N) is 1. The van der Waals surface area contributed by atoms with E-state index in [2.05, 4.69) is 5.32 Å². The van der Waals surface area contributed by atoms with E-state index < -0.39 is 17.7 Å². The van der Waals surface area contributed by atoms with Gasteiger partial charge in [-0.15, -0.1) is 0 Å². The Labute approximate surface area is 113 Å². The van der Waals surface area contributed by atoms with Crippen LogP contribution < -0.4 is 5.32 Å². The van der Waals surface area contributed by atoms with Crippen LogP contribution in [0.4, 0.5) is 22.0 Å². The first-order valence-corrected chi connectivity index (χ1v) is 6.28. The molecule has 0 radical (unpaired) electrons. The summed E-state index contributed by atoms with van der Waals surface area (Å²) in [5.41, 5.74) is -0.536. The molecular weight excluding hydrogens is 279 g/mol. The molecular formula is C13H15F5N2. The summed E-state index contributed by atoms with van der Waals surface area (Å²) in [6, 6.07) is 4.56. The van der Waals surface area contributed by atoms with Gasteiger partial charge < -0.3 is 5.32 Å². The molecule has 0 aromatic heterocycles. The van der Waals surface area contributed by atoms with Gasteiger partial charge in [-0.05, 0) is 11.6 Å². The van der Waals surface area contributed by atoms with Crippen molar-refractivity contribution in [2.24, 2.45) is 0 Å². The molecule has 1 aromatic carbocycles. The maximum atomic E-state index is 13.3. The zero-order chi connectivity index (χ0) is 14.8. The molecule has 112 valence electrons. The SMILES string of the molecule is FC(F)(F)C(F)(F)c1cccc(CN2CCNCC2)c1. The number of hydrogen-bond acceptors (Lipinski definition) is 2. The number of piperazine rings is 1. The number of alkyl halides is 5. The van der Waals surface area contributed by atoms with Crippen molar-refractivity contribution in [3.63, 3.8) is 0 Å². The van der Waals surface area contributed by atoms with Crippen LogP contribution >= 0.6 is 0 Å². The second-order valence-electron chi connectivity index (χ2n) is 4.80. The summed E-state index contributed by atoms with van der Waals surface area (Å²) in [4.78, 5) is 2.02. The summed E-state index contributed by atoms with van der Waals surface area (Å²) in [6.07, 6.45) is -5.57. The van der Waals surface area contributed by atoms with E-state index in [1.54, 1.807) is 6.07 Å². The van der Waals surface area contributed by atoms with Crippen molar-refractivity contribution in [2.45, 2.75) is 18.6 Å². The summed E-state index contributed by atoms with van der Waals surface area (Å²) in [5, 5.41) is 3.15. The molecule has 1 N–H and O–H groups in total. The minimum absolute atomic E-state index is 0.378. The van der Waals surface area contributed by atoms with Crippen LogP contribution in [0.3, 0.4) is 0 Å². The third-order valence-corrected chi connectivity index (χ3v) is 3.26. The van der Waals surface area contributed by atoms with E-state index in [1.165, 1.54) is 6.07 Å². The fourth-order valence-electron chi connectivity index (χ4n) is 2.16. The number of nitrogens with one attached hydrogen (secondary N) is 1. The second kappa shape index (κ2) is 5.65. The van der Waals surface area contributed by atoms with Gasteiger partial charge in [0.1, 0.15) is 0 Å². The van der Waals surface area contributed by atoms with Crippen molar-refractivity contribution in [3.8, 4) is 0 Å². The summed E-state index contributed by atoms with van der Waals surface area (Å²) in [5.74, 6) is -4.81. The monoisotopic (exact) mass is 294 g/mol. The summed E-state index contributed by atoms with van der Waals surface area (Å²) in [7, 11) is 0. The molecule has 0 saturated carbocycles. The number of hydrogen-bond donors (Lipinski definition) is 1. The molecule has 1 aliphatic rings. The molecule has 1 heterocycles. The Morgan fingerprint density at radius 3 is 2.30 bits per heavy atom. The number of halogens is 5. The Morgan fingerprint density at radius 1 is 1.05 bits per heavy atom. The van der Waals surface area contributed by atoms with Crippen molar-refractivity contribution in [3.05, 3.63) is 35.4 Å². The van der Waals surface area contributed by atoms with Crippen LogP contribution in [0.25, 0.3) is 0 Å². The molecule has 0 atom stereocenters. The van der Waals surface area contributed by atoms with Crippen LogP contribution in [-0.4, -0.2) is 37.3 Å². The molecule has 1 aromatic rings. The first-order chi connectivity index (χ1) is 9.30. The van der Waals surface area contributed by atoms with Crippen LogP contribution in [-0.2, 0) is 12.5 Å². The summed E-state index contributed by atoms with van der Waals surface area (Å²) < 4.78 is 63.6. The predicted octanol–water partition coefficient (Wildman–Crippen LogP) is 2.75. The van der Waals surface area contributed by atoms with Gasteiger partial charge >= 0.3 is 12.1 Å². The third kappa shape index (κ3) is 3.27. The highest BCUT2D eigenvalue weighted by Crippen LogP contribution is 2.43. The van der Waals surface area contributed by atoms with E-state index in [0.29, 0.717) is 12.1 Å². The highest BCUT2D eigenvalue weighted by molar-refractivity contribution is 5.28. The van der Waals surface area contributed by atoms with E-state index >= 15 is 0 Å². The molecule has 1 saturated heterocycles. The van der Waals surface area contributed by atoms with Crippen molar-refractivity contribution in [1.82, 2.24) is 10.2 Å². The second-order valence-corrected chi connectivity index (χ2v) is 4.80. The molecule has 0 bridgehead atoms. The van der Waals surface area contributed by atoms with Gasteiger partial charge in [0.2, 0.25) is 0 Å². The average molecular weight is 294 g/mol. The smallest absolute Gasteiger partial charge is 0.314 e. The normalized spacial score (nSPS) is 18.2. The van der Waals surface area contributed by atoms with Gasteiger partial charge in [0.15, 0.2) is 0 Å². The molecule has 0 amide bonds. The van der Waals surface area contributed by atoms with Crippen molar-refractivity contribution in [1.29, 1.82) is 0 Å². The lowest BCUT2D eigenvalue weighted by molar-refractivity contribution is -0.289. The lowest BCUT2D eigenvalue weighted by Crippen LogP contribution is -2.42. The molecule has 0 unspecified atom stereocenters. The van der Waals surface area contributed by atoms with Crippen molar-refractivity contribution >= 4 is 0 Å². The van der Waals surface area contributed by atoms with Gasteiger partial charge in [0.05, 0.1) is 0 Å². The lowest BCUT2D eigenvalue weighted by atomic mass is 10.0. The van der Waals surface area contributed by atoms with E-state index in [9.17, 15) is 22.0 Å². The molecule has 2 nitrogen and oxygen atoms in total. The average Bonchev–Trinajstić information content (AvgIpc) is 2.39. The maximum Gasteiger partial charge on any atom is 0.458 e. The fraction of sp³-hybridized carbons (Fsp3) is 0.538. The minimum atomic E-state index is -5.57. The van der Waals surface area contributed by atoms with Crippen LogP contribution in [0.15, 0.2) is 24.3 Å². The minimum Gasteiger partial charge on any atom is -0.314 e. The van der Waals surface area contributed by atoms with E-state index in [0.717, 1.165) is 38.3 Å². The molecule has 1 aliphatic heterocycles. The first-order valence-electron chi connectivity index (χ1n) is 6.28. The quantitative estimate of drug-likeness (QED) is 0.862. The molecule has 2 rings (SSSR count).